The molecule has 0 N–H and O–H groups in total. The molecule has 1 aromatic rings. The van der Waals surface area contributed by atoms with E-state index in [0.29, 0.717) is 17.1 Å². The SMILES string of the molecule is CC1=CC(=C(C#N)S(=O)(=O)c2ccc(C)cc2)C=C(C)O1. The molecule has 21 heavy (non-hydrogen) atoms. The fourth-order valence-electron chi connectivity index (χ4n) is 2.04. The Hall–Kier alpha value is -2.32. The first-order valence-electron chi connectivity index (χ1n) is 6.35. The maximum Gasteiger partial charge on any atom is 0.217 e. The van der Waals surface area contributed by atoms with Gasteiger partial charge in [-0.2, -0.15) is 5.26 Å². The highest BCUT2D eigenvalue weighted by Crippen LogP contribution is 2.27. The molecule has 0 fully saturated rings. The molecule has 0 aliphatic carbocycles. The summed E-state index contributed by atoms with van der Waals surface area (Å²) in [5.74, 6) is 1.11. The molecule has 0 radical (unpaired) electrons. The molecule has 1 aliphatic heterocycles. The summed E-state index contributed by atoms with van der Waals surface area (Å²) < 4.78 is 30.5. The van der Waals surface area contributed by atoms with Crippen LogP contribution in [0.25, 0.3) is 0 Å². The van der Waals surface area contributed by atoms with Crippen LogP contribution in [-0.4, -0.2) is 8.42 Å². The number of nitrogens with zero attached hydrogens (tertiary/aromatic N) is 1. The molecule has 0 atom stereocenters. The molecule has 5 heteroatoms. The lowest BCUT2D eigenvalue weighted by atomic mass is 10.1. The number of hydrogen-bond donors (Lipinski definition) is 0. The summed E-state index contributed by atoms with van der Waals surface area (Å²) in [6.07, 6.45) is 3.11. The second-order valence-corrected chi connectivity index (χ2v) is 6.71. The molecule has 1 aromatic carbocycles. The van der Waals surface area contributed by atoms with Gasteiger partial charge in [0.1, 0.15) is 17.6 Å². The molecule has 0 aromatic heterocycles. The smallest absolute Gasteiger partial charge is 0.217 e. The zero-order valence-electron chi connectivity index (χ0n) is 12.0. The summed E-state index contributed by atoms with van der Waals surface area (Å²) in [6.45, 7) is 5.30. The average molecular weight is 301 g/mol. The van der Waals surface area contributed by atoms with Crippen molar-refractivity contribution in [3.63, 3.8) is 0 Å². The molecule has 0 saturated carbocycles. The first-order valence-corrected chi connectivity index (χ1v) is 7.83. The normalized spacial score (nSPS) is 14.7. The Morgan fingerprint density at radius 2 is 1.57 bits per heavy atom. The van der Waals surface area contributed by atoms with Crippen LogP contribution in [0.5, 0.6) is 0 Å². The van der Waals surface area contributed by atoms with E-state index in [1.165, 1.54) is 12.1 Å². The van der Waals surface area contributed by atoms with Gasteiger partial charge in [0.15, 0.2) is 4.91 Å². The van der Waals surface area contributed by atoms with Crippen LogP contribution < -0.4 is 0 Å². The van der Waals surface area contributed by atoms with Crippen LogP contribution >= 0.6 is 0 Å². The Bertz CT molecular complexity index is 784. The second kappa shape index (κ2) is 5.58. The number of aryl methyl sites for hydroxylation is 1. The van der Waals surface area contributed by atoms with Gasteiger partial charge in [0.05, 0.1) is 4.90 Å². The first-order chi connectivity index (χ1) is 9.84. The third-order valence-electron chi connectivity index (χ3n) is 3.00. The van der Waals surface area contributed by atoms with Crippen molar-refractivity contribution >= 4 is 9.84 Å². The average Bonchev–Trinajstić information content (AvgIpc) is 2.38. The quantitative estimate of drug-likeness (QED) is 0.785. The van der Waals surface area contributed by atoms with Crippen molar-refractivity contribution < 1.29 is 13.2 Å². The van der Waals surface area contributed by atoms with Crippen molar-refractivity contribution in [2.75, 3.05) is 0 Å². The Kier molecular flexibility index (Phi) is 4.01. The molecule has 1 heterocycles. The van der Waals surface area contributed by atoms with Gasteiger partial charge < -0.3 is 4.74 Å². The van der Waals surface area contributed by atoms with Crippen molar-refractivity contribution in [2.24, 2.45) is 0 Å². The van der Waals surface area contributed by atoms with Gasteiger partial charge in [0.25, 0.3) is 0 Å². The van der Waals surface area contributed by atoms with Crippen LogP contribution in [0.2, 0.25) is 0 Å². The van der Waals surface area contributed by atoms with Crippen molar-refractivity contribution in [2.45, 2.75) is 25.7 Å². The summed E-state index contributed by atoms with van der Waals surface area (Å²) in [6, 6.07) is 8.25. The number of benzene rings is 1. The van der Waals surface area contributed by atoms with Gasteiger partial charge in [-0.3, -0.25) is 0 Å². The lowest BCUT2D eigenvalue weighted by molar-refractivity contribution is 0.304. The van der Waals surface area contributed by atoms with E-state index in [-0.39, 0.29) is 9.80 Å². The van der Waals surface area contributed by atoms with Crippen LogP contribution in [0, 0.1) is 18.3 Å². The number of allylic oxidation sites excluding steroid dienone is 6. The maximum absolute atomic E-state index is 12.6. The van der Waals surface area contributed by atoms with Gasteiger partial charge in [0.2, 0.25) is 9.84 Å². The third kappa shape index (κ3) is 3.06. The number of ether oxygens (including phenoxy) is 1. The van der Waals surface area contributed by atoms with Crippen LogP contribution in [0.4, 0.5) is 0 Å². The summed E-state index contributed by atoms with van der Waals surface area (Å²) >= 11 is 0. The Morgan fingerprint density at radius 1 is 1.05 bits per heavy atom. The van der Waals surface area contributed by atoms with Gasteiger partial charge in [0, 0.05) is 5.57 Å². The summed E-state index contributed by atoms with van der Waals surface area (Å²) in [5.41, 5.74) is 1.30. The molecule has 0 amide bonds. The fourth-order valence-corrected chi connectivity index (χ4v) is 3.32. The molecule has 0 saturated heterocycles. The highest BCUT2D eigenvalue weighted by atomic mass is 32.2. The number of nitriles is 1. The minimum absolute atomic E-state index is 0.112. The highest BCUT2D eigenvalue weighted by Gasteiger charge is 2.24. The first kappa shape index (κ1) is 15.1. The van der Waals surface area contributed by atoms with E-state index >= 15 is 0 Å². The van der Waals surface area contributed by atoms with E-state index in [1.807, 2.05) is 13.0 Å². The molecule has 0 spiro atoms. The van der Waals surface area contributed by atoms with Crippen molar-refractivity contribution in [1.29, 1.82) is 5.26 Å². The predicted molar refractivity (Wildman–Crippen MR) is 79.6 cm³/mol. The van der Waals surface area contributed by atoms with Gasteiger partial charge in [-0.1, -0.05) is 17.7 Å². The largest absolute Gasteiger partial charge is 0.467 e. The second-order valence-electron chi connectivity index (χ2n) is 4.82. The van der Waals surface area contributed by atoms with Crippen LogP contribution in [0.1, 0.15) is 19.4 Å². The molecule has 2 rings (SSSR count). The number of sulfone groups is 1. The Morgan fingerprint density at radius 3 is 2.05 bits per heavy atom. The minimum Gasteiger partial charge on any atom is -0.467 e. The van der Waals surface area contributed by atoms with E-state index in [1.54, 1.807) is 38.1 Å². The zero-order valence-corrected chi connectivity index (χ0v) is 12.9. The molecule has 4 nitrogen and oxygen atoms in total. The van der Waals surface area contributed by atoms with E-state index in [9.17, 15) is 13.7 Å². The molecular formula is C16H15NO3S. The number of rotatable bonds is 2. The van der Waals surface area contributed by atoms with E-state index in [4.69, 9.17) is 4.74 Å². The highest BCUT2D eigenvalue weighted by molar-refractivity contribution is 7.95. The summed E-state index contributed by atoms with van der Waals surface area (Å²) in [5, 5.41) is 9.32. The molecule has 108 valence electrons. The van der Waals surface area contributed by atoms with Crippen molar-refractivity contribution in [1.82, 2.24) is 0 Å². The summed E-state index contributed by atoms with van der Waals surface area (Å²) in [4.78, 5) is -0.158. The van der Waals surface area contributed by atoms with E-state index in [0.717, 1.165) is 5.56 Å². The van der Waals surface area contributed by atoms with Gasteiger partial charge in [-0.05, 0) is 45.1 Å². The van der Waals surface area contributed by atoms with E-state index < -0.39 is 9.84 Å². The number of hydrogen-bond acceptors (Lipinski definition) is 4. The predicted octanol–water partition coefficient (Wildman–Crippen LogP) is 3.38. The van der Waals surface area contributed by atoms with Crippen LogP contribution in [0.15, 0.2) is 63.3 Å². The molecule has 0 bridgehead atoms. The van der Waals surface area contributed by atoms with Gasteiger partial charge in [-0.15, -0.1) is 0 Å². The standard InChI is InChI=1S/C16H15NO3S/c1-11-4-6-15(7-5-11)21(18,19)16(10-17)14-8-12(2)20-13(3)9-14/h4-9H,1-3H3. The zero-order chi connectivity index (χ0) is 15.6. The Labute approximate surface area is 124 Å². The van der Waals surface area contributed by atoms with Gasteiger partial charge >= 0.3 is 0 Å². The third-order valence-corrected chi connectivity index (χ3v) is 4.76. The maximum atomic E-state index is 12.6. The van der Waals surface area contributed by atoms with Crippen molar-refractivity contribution in [3.05, 3.63) is 64.0 Å². The monoisotopic (exact) mass is 301 g/mol. The molecule has 0 unspecified atom stereocenters. The van der Waals surface area contributed by atoms with E-state index in [2.05, 4.69) is 0 Å². The minimum atomic E-state index is -3.84. The fraction of sp³-hybridized carbons (Fsp3) is 0.188. The van der Waals surface area contributed by atoms with Gasteiger partial charge in [-0.25, -0.2) is 8.42 Å². The molecule has 1 aliphatic rings. The molecular weight excluding hydrogens is 286 g/mol. The topological polar surface area (TPSA) is 67.2 Å². The lowest BCUT2D eigenvalue weighted by Gasteiger charge is -2.14. The summed E-state index contributed by atoms with van der Waals surface area (Å²) in [7, 11) is -3.84. The Balaban J connectivity index is 2.64. The lowest BCUT2D eigenvalue weighted by Crippen LogP contribution is -2.07. The van der Waals surface area contributed by atoms with Crippen LogP contribution in [0.3, 0.4) is 0 Å². The van der Waals surface area contributed by atoms with Crippen LogP contribution in [-0.2, 0) is 14.6 Å². The van der Waals surface area contributed by atoms with Crippen molar-refractivity contribution in [3.8, 4) is 6.07 Å².